The Balaban J connectivity index is 2.18. The lowest BCUT2D eigenvalue weighted by Crippen LogP contribution is -2.61. The Bertz CT molecular complexity index is 277. The molecular weight excluding hydrogens is 228 g/mol. The summed E-state index contributed by atoms with van der Waals surface area (Å²) in [6, 6.07) is 0.745. The highest BCUT2D eigenvalue weighted by molar-refractivity contribution is 5.76. The summed E-state index contributed by atoms with van der Waals surface area (Å²) < 4.78 is 5.38. The molecule has 0 bridgehead atoms. The van der Waals surface area contributed by atoms with E-state index in [4.69, 9.17) is 4.74 Å². The van der Waals surface area contributed by atoms with E-state index in [0.29, 0.717) is 12.5 Å². The molecule has 1 fully saturated rings. The second-order valence-electron chi connectivity index (χ2n) is 6.11. The fourth-order valence-corrected chi connectivity index (χ4v) is 2.44. The fourth-order valence-electron chi connectivity index (χ4n) is 2.44. The van der Waals surface area contributed by atoms with Gasteiger partial charge in [0.25, 0.3) is 0 Å². The lowest BCUT2D eigenvalue weighted by molar-refractivity contribution is -0.132. The summed E-state index contributed by atoms with van der Waals surface area (Å²) in [4.78, 5) is 11.8. The van der Waals surface area contributed by atoms with Crippen LogP contribution in [0, 0.1) is 5.41 Å². The van der Waals surface area contributed by atoms with Crippen molar-refractivity contribution in [1.29, 1.82) is 0 Å². The molecule has 2 atom stereocenters. The molecule has 0 aromatic heterocycles. The molecule has 0 spiro atoms. The number of nitrogens with one attached hydrogen (secondary N) is 2. The third kappa shape index (κ3) is 3.95. The zero-order valence-electron chi connectivity index (χ0n) is 12.4. The number of amides is 1. The molecule has 0 aliphatic heterocycles. The van der Waals surface area contributed by atoms with Crippen LogP contribution in [0.5, 0.6) is 0 Å². The van der Waals surface area contributed by atoms with Crippen LogP contribution in [0.1, 0.15) is 47.0 Å². The fraction of sp³-hybridized carbons (Fsp3) is 0.929. The first-order chi connectivity index (χ1) is 8.37. The molecule has 4 nitrogen and oxygen atoms in total. The van der Waals surface area contributed by atoms with Crippen molar-refractivity contribution in [1.82, 2.24) is 10.6 Å². The molecular formula is C14H28N2O2. The van der Waals surface area contributed by atoms with Gasteiger partial charge in [0.15, 0.2) is 0 Å². The van der Waals surface area contributed by atoms with Crippen molar-refractivity contribution in [2.45, 2.75) is 65.1 Å². The highest BCUT2D eigenvalue weighted by Crippen LogP contribution is 2.42. The van der Waals surface area contributed by atoms with Gasteiger partial charge in [-0.1, -0.05) is 27.7 Å². The summed E-state index contributed by atoms with van der Waals surface area (Å²) in [5.74, 6) is 0.160. The summed E-state index contributed by atoms with van der Waals surface area (Å²) in [6.45, 7) is 9.43. The van der Waals surface area contributed by atoms with Gasteiger partial charge in [-0.3, -0.25) is 4.79 Å². The second-order valence-corrected chi connectivity index (χ2v) is 6.11. The number of hydrogen-bond donors (Lipinski definition) is 2. The Hall–Kier alpha value is -0.610. The van der Waals surface area contributed by atoms with Gasteiger partial charge < -0.3 is 15.4 Å². The van der Waals surface area contributed by atoms with Crippen molar-refractivity contribution in [2.24, 2.45) is 5.41 Å². The second kappa shape index (κ2) is 6.53. The summed E-state index contributed by atoms with van der Waals surface area (Å²) in [5, 5.41) is 6.43. The number of rotatable bonds is 7. The third-order valence-electron chi connectivity index (χ3n) is 3.93. The highest BCUT2D eigenvalue weighted by atomic mass is 16.5. The topological polar surface area (TPSA) is 50.4 Å². The normalized spacial score (nSPS) is 25.9. The van der Waals surface area contributed by atoms with Gasteiger partial charge in [0.2, 0.25) is 5.91 Å². The minimum atomic E-state index is 0.0561. The van der Waals surface area contributed by atoms with Gasteiger partial charge in [-0.15, -0.1) is 0 Å². The quantitative estimate of drug-likeness (QED) is 0.682. The first kappa shape index (κ1) is 15.4. The van der Waals surface area contributed by atoms with E-state index >= 15 is 0 Å². The SMILES string of the molecule is COC1CC(NC(=O)CCCNC(C)C)C1(C)C. The molecule has 2 N–H and O–H groups in total. The van der Waals surface area contributed by atoms with Crippen molar-refractivity contribution >= 4 is 5.91 Å². The van der Waals surface area contributed by atoms with Crippen molar-refractivity contribution in [3.05, 3.63) is 0 Å². The maximum atomic E-state index is 11.8. The highest BCUT2D eigenvalue weighted by Gasteiger charge is 2.49. The van der Waals surface area contributed by atoms with Gasteiger partial charge in [-0.05, 0) is 19.4 Å². The van der Waals surface area contributed by atoms with Crippen molar-refractivity contribution in [2.75, 3.05) is 13.7 Å². The number of carbonyl (C=O) groups excluding carboxylic acids is 1. The molecule has 1 rings (SSSR count). The van der Waals surface area contributed by atoms with Crippen molar-refractivity contribution < 1.29 is 9.53 Å². The zero-order valence-corrected chi connectivity index (χ0v) is 12.4. The molecule has 106 valence electrons. The van der Waals surface area contributed by atoms with Crippen LogP contribution in [-0.2, 0) is 9.53 Å². The maximum Gasteiger partial charge on any atom is 0.220 e. The monoisotopic (exact) mass is 256 g/mol. The molecule has 1 aliphatic rings. The molecule has 1 saturated carbocycles. The number of carbonyl (C=O) groups is 1. The van der Waals surface area contributed by atoms with Gasteiger partial charge in [0.05, 0.1) is 6.10 Å². The molecule has 1 amide bonds. The molecule has 0 aromatic rings. The van der Waals surface area contributed by atoms with Crippen LogP contribution >= 0.6 is 0 Å². The van der Waals surface area contributed by atoms with Crippen LogP contribution in [0.2, 0.25) is 0 Å². The molecule has 4 heteroatoms. The van der Waals surface area contributed by atoms with Crippen LogP contribution in [0.4, 0.5) is 0 Å². The summed E-state index contributed by atoms with van der Waals surface area (Å²) >= 11 is 0. The van der Waals surface area contributed by atoms with Crippen molar-refractivity contribution in [3.8, 4) is 0 Å². The van der Waals surface area contributed by atoms with E-state index in [0.717, 1.165) is 19.4 Å². The first-order valence-corrected chi connectivity index (χ1v) is 6.93. The van der Waals surface area contributed by atoms with Gasteiger partial charge >= 0.3 is 0 Å². The lowest BCUT2D eigenvalue weighted by atomic mass is 9.64. The Labute approximate surface area is 111 Å². The smallest absolute Gasteiger partial charge is 0.220 e. The Kier molecular flexibility index (Phi) is 5.60. The van der Waals surface area contributed by atoms with E-state index in [1.54, 1.807) is 7.11 Å². The van der Waals surface area contributed by atoms with E-state index in [1.807, 2.05) is 0 Å². The van der Waals surface area contributed by atoms with E-state index in [1.165, 1.54) is 0 Å². The van der Waals surface area contributed by atoms with Gasteiger partial charge in [0.1, 0.15) is 0 Å². The zero-order chi connectivity index (χ0) is 13.8. The van der Waals surface area contributed by atoms with Crippen LogP contribution in [0.25, 0.3) is 0 Å². The predicted octanol–water partition coefficient (Wildman–Crippen LogP) is 1.69. The standard InChI is InChI=1S/C14H28N2O2/c1-10(2)15-8-6-7-13(17)16-11-9-12(18-5)14(11,3)4/h10-12,15H,6-9H2,1-5H3,(H,16,17). The summed E-state index contributed by atoms with van der Waals surface area (Å²) in [7, 11) is 1.74. The molecule has 2 unspecified atom stereocenters. The van der Waals surface area contributed by atoms with Crippen LogP contribution in [0.3, 0.4) is 0 Å². The van der Waals surface area contributed by atoms with E-state index in [2.05, 4.69) is 38.3 Å². The van der Waals surface area contributed by atoms with E-state index < -0.39 is 0 Å². The van der Waals surface area contributed by atoms with E-state index in [-0.39, 0.29) is 23.5 Å². The first-order valence-electron chi connectivity index (χ1n) is 6.93. The van der Waals surface area contributed by atoms with Gasteiger partial charge in [-0.25, -0.2) is 0 Å². The van der Waals surface area contributed by atoms with Gasteiger partial charge in [-0.2, -0.15) is 0 Å². The van der Waals surface area contributed by atoms with Crippen LogP contribution < -0.4 is 10.6 Å². The number of hydrogen-bond acceptors (Lipinski definition) is 3. The van der Waals surface area contributed by atoms with Gasteiger partial charge in [0, 0.05) is 31.0 Å². The molecule has 0 aromatic carbocycles. The van der Waals surface area contributed by atoms with Crippen LogP contribution in [0.15, 0.2) is 0 Å². The third-order valence-corrected chi connectivity index (χ3v) is 3.93. The molecule has 0 heterocycles. The summed E-state index contributed by atoms with van der Waals surface area (Å²) in [6.07, 6.45) is 2.69. The maximum absolute atomic E-state index is 11.8. The molecule has 1 aliphatic carbocycles. The predicted molar refractivity (Wildman–Crippen MR) is 73.5 cm³/mol. The Morgan fingerprint density at radius 2 is 2.11 bits per heavy atom. The van der Waals surface area contributed by atoms with Crippen LogP contribution in [-0.4, -0.2) is 37.7 Å². The number of methoxy groups -OCH3 is 1. The molecule has 18 heavy (non-hydrogen) atoms. The minimum absolute atomic E-state index is 0.0561. The Morgan fingerprint density at radius 3 is 2.61 bits per heavy atom. The van der Waals surface area contributed by atoms with Crippen molar-refractivity contribution in [3.63, 3.8) is 0 Å². The molecule has 0 radical (unpaired) electrons. The molecule has 0 saturated heterocycles. The minimum Gasteiger partial charge on any atom is -0.381 e. The average molecular weight is 256 g/mol. The average Bonchev–Trinajstić information content (AvgIpc) is 2.29. The van der Waals surface area contributed by atoms with E-state index in [9.17, 15) is 4.79 Å². The summed E-state index contributed by atoms with van der Waals surface area (Å²) in [5.41, 5.74) is 0.0561. The largest absolute Gasteiger partial charge is 0.381 e. The Morgan fingerprint density at radius 1 is 1.44 bits per heavy atom. The number of ether oxygens (including phenoxy) is 1. The lowest BCUT2D eigenvalue weighted by Gasteiger charge is -2.51.